The van der Waals surface area contributed by atoms with Crippen molar-refractivity contribution < 1.29 is 4.92 Å². The topological polar surface area (TPSA) is 73.0 Å². The minimum atomic E-state index is -0.349. The van der Waals surface area contributed by atoms with Gasteiger partial charge in [-0.25, -0.2) is 4.68 Å². The van der Waals surface area contributed by atoms with E-state index in [1.807, 2.05) is 6.92 Å². The smallest absolute Gasteiger partial charge is 0.333 e. The van der Waals surface area contributed by atoms with E-state index in [0.29, 0.717) is 30.5 Å². The fourth-order valence-electron chi connectivity index (χ4n) is 1.90. The minimum absolute atomic E-state index is 0.0968. The van der Waals surface area contributed by atoms with Gasteiger partial charge in [0.25, 0.3) is 0 Å². The molecule has 1 rings (SSSR count). The van der Waals surface area contributed by atoms with E-state index in [0.717, 1.165) is 6.42 Å². The highest BCUT2D eigenvalue weighted by molar-refractivity contribution is 5.59. The van der Waals surface area contributed by atoms with E-state index in [4.69, 9.17) is 0 Å². The number of aryl methyl sites for hydroxylation is 2. The number of nitrogens with one attached hydrogen (secondary N) is 1. The second-order valence-corrected chi connectivity index (χ2v) is 6.41. The zero-order chi connectivity index (χ0) is 15.5. The molecule has 0 aliphatic rings. The summed E-state index contributed by atoms with van der Waals surface area (Å²) in [5.41, 5.74) is 0.723. The van der Waals surface area contributed by atoms with Crippen LogP contribution in [-0.2, 0) is 6.54 Å². The van der Waals surface area contributed by atoms with Crippen LogP contribution in [0.25, 0.3) is 0 Å². The number of hydrogen-bond donors (Lipinski definition) is 1. The number of nitrogens with zero attached hydrogens (tertiary/aromatic N) is 3. The first-order chi connectivity index (χ1) is 9.18. The Morgan fingerprint density at radius 1 is 1.45 bits per heavy atom. The molecular weight excluding hydrogens is 256 g/mol. The predicted octanol–water partition coefficient (Wildman–Crippen LogP) is 3.60. The lowest BCUT2D eigenvalue weighted by Crippen LogP contribution is -2.25. The summed E-state index contributed by atoms with van der Waals surface area (Å²) in [6.07, 6.45) is 0.891. The highest BCUT2D eigenvalue weighted by Crippen LogP contribution is 2.30. The first-order valence-corrected chi connectivity index (χ1v) is 7.14. The number of rotatable bonds is 6. The molecule has 6 heteroatoms. The third kappa shape index (κ3) is 3.71. The van der Waals surface area contributed by atoms with Gasteiger partial charge in [-0.05, 0) is 24.7 Å². The van der Waals surface area contributed by atoms with Crippen LogP contribution in [0.1, 0.15) is 46.7 Å². The highest BCUT2D eigenvalue weighted by Gasteiger charge is 2.27. The molecule has 6 nitrogen and oxygen atoms in total. The maximum absolute atomic E-state index is 11.2. The van der Waals surface area contributed by atoms with Crippen LogP contribution in [0.15, 0.2) is 0 Å². The molecule has 1 N–H and O–H groups in total. The second kappa shape index (κ2) is 6.24. The van der Waals surface area contributed by atoms with Crippen molar-refractivity contribution in [1.82, 2.24) is 9.78 Å². The van der Waals surface area contributed by atoms with Gasteiger partial charge in [0.2, 0.25) is 5.82 Å². The summed E-state index contributed by atoms with van der Waals surface area (Å²) in [5.74, 6) is 0.929. The quantitative estimate of drug-likeness (QED) is 0.639. The molecule has 0 bridgehead atoms. The lowest BCUT2D eigenvalue weighted by atomic mass is 9.82. The molecular formula is C14H26N4O2. The lowest BCUT2D eigenvalue weighted by molar-refractivity contribution is -0.384. The average Bonchev–Trinajstić information content (AvgIpc) is 2.61. The molecule has 0 spiro atoms. The molecule has 0 aromatic carbocycles. The first kappa shape index (κ1) is 16.5. The van der Waals surface area contributed by atoms with Gasteiger partial charge in [0, 0.05) is 13.1 Å². The maximum Gasteiger partial charge on any atom is 0.333 e. The van der Waals surface area contributed by atoms with E-state index in [1.165, 1.54) is 0 Å². The van der Waals surface area contributed by atoms with E-state index in [-0.39, 0.29) is 16.0 Å². The second-order valence-electron chi connectivity index (χ2n) is 6.41. The van der Waals surface area contributed by atoms with Crippen molar-refractivity contribution in [3.05, 3.63) is 15.8 Å². The van der Waals surface area contributed by atoms with Gasteiger partial charge in [-0.1, -0.05) is 34.6 Å². The van der Waals surface area contributed by atoms with Crippen molar-refractivity contribution in [3.8, 4) is 0 Å². The fourth-order valence-corrected chi connectivity index (χ4v) is 1.90. The minimum Gasteiger partial charge on any atom is -0.364 e. The Labute approximate surface area is 120 Å². The average molecular weight is 282 g/mol. The van der Waals surface area contributed by atoms with Gasteiger partial charge in [0.05, 0.1) is 4.92 Å². The molecule has 0 fully saturated rings. The van der Waals surface area contributed by atoms with Crippen molar-refractivity contribution in [2.45, 2.75) is 54.5 Å². The Hall–Kier alpha value is -1.59. The summed E-state index contributed by atoms with van der Waals surface area (Å²) in [6.45, 7) is 13.7. The van der Waals surface area contributed by atoms with Crippen LogP contribution in [0.2, 0.25) is 0 Å². The fraction of sp³-hybridized carbons (Fsp3) is 0.786. The van der Waals surface area contributed by atoms with Crippen LogP contribution < -0.4 is 5.32 Å². The summed E-state index contributed by atoms with van der Waals surface area (Å²) in [6, 6.07) is 0. The molecule has 0 aliphatic carbocycles. The molecule has 1 aromatic heterocycles. The Bertz CT molecular complexity index is 474. The van der Waals surface area contributed by atoms with Gasteiger partial charge in [-0.3, -0.25) is 10.1 Å². The SMILES string of the molecule is CCCn1nc(C)c([N+](=O)[O-])c1NCC(C)C(C)(C)C. The predicted molar refractivity (Wildman–Crippen MR) is 81.0 cm³/mol. The highest BCUT2D eigenvalue weighted by atomic mass is 16.6. The first-order valence-electron chi connectivity index (χ1n) is 7.14. The third-order valence-electron chi connectivity index (χ3n) is 3.77. The number of nitro groups is 1. The summed E-state index contributed by atoms with van der Waals surface area (Å²) < 4.78 is 1.71. The maximum atomic E-state index is 11.2. The van der Waals surface area contributed by atoms with Crippen LogP contribution in [0, 0.1) is 28.4 Å². The zero-order valence-corrected chi connectivity index (χ0v) is 13.4. The van der Waals surface area contributed by atoms with Gasteiger partial charge in [0.1, 0.15) is 5.69 Å². The Morgan fingerprint density at radius 3 is 2.50 bits per heavy atom. The molecule has 0 amide bonds. The summed E-state index contributed by atoms with van der Waals surface area (Å²) in [4.78, 5) is 10.9. The largest absolute Gasteiger partial charge is 0.364 e. The molecule has 1 unspecified atom stereocenters. The van der Waals surface area contributed by atoms with Crippen molar-refractivity contribution in [2.24, 2.45) is 11.3 Å². The molecule has 0 radical (unpaired) electrons. The van der Waals surface area contributed by atoms with Crippen molar-refractivity contribution in [3.63, 3.8) is 0 Å². The monoisotopic (exact) mass is 282 g/mol. The van der Waals surface area contributed by atoms with Gasteiger partial charge in [-0.15, -0.1) is 0 Å². The van der Waals surface area contributed by atoms with Gasteiger partial charge in [0.15, 0.2) is 0 Å². The molecule has 1 atom stereocenters. The van der Waals surface area contributed by atoms with E-state index < -0.39 is 0 Å². The summed E-state index contributed by atoms with van der Waals surface area (Å²) in [5, 5.41) is 18.7. The molecule has 0 saturated heterocycles. The van der Waals surface area contributed by atoms with Gasteiger partial charge >= 0.3 is 5.69 Å². The standard InChI is InChI=1S/C14H26N4O2/c1-7-8-17-13(12(18(19)20)11(3)16-17)15-9-10(2)14(4,5)6/h10,15H,7-9H2,1-6H3. The van der Waals surface area contributed by atoms with E-state index in [9.17, 15) is 10.1 Å². The number of aromatic nitrogens is 2. The molecule has 0 saturated carbocycles. The lowest BCUT2D eigenvalue weighted by Gasteiger charge is -2.27. The number of hydrogen-bond acceptors (Lipinski definition) is 4. The Kier molecular flexibility index (Phi) is 5.14. The van der Waals surface area contributed by atoms with Crippen molar-refractivity contribution in [1.29, 1.82) is 0 Å². The summed E-state index contributed by atoms with van der Waals surface area (Å²) >= 11 is 0. The van der Waals surface area contributed by atoms with Gasteiger partial charge < -0.3 is 5.32 Å². The van der Waals surface area contributed by atoms with E-state index >= 15 is 0 Å². The third-order valence-corrected chi connectivity index (χ3v) is 3.77. The van der Waals surface area contributed by atoms with Crippen LogP contribution in [-0.4, -0.2) is 21.2 Å². The van der Waals surface area contributed by atoms with Gasteiger partial charge in [-0.2, -0.15) is 5.10 Å². The molecule has 1 aromatic rings. The Morgan fingerprint density at radius 2 is 2.05 bits per heavy atom. The van der Waals surface area contributed by atoms with Crippen LogP contribution in [0.3, 0.4) is 0 Å². The number of anilines is 1. The van der Waals surface area contributed by atoms with Crippen LogP contribution in [0.4, 0.5) is 11.5 Å². The molecule has 1 heterocycles. The van der Waals surface area contributed by atoms with Crippen LogP contribution >= 0.6 is 0 Å². The van der Waals surface area contributed by atoms with Crippen molar-refractivity contribution in [2.75, 3.05) is 11.9 Å². The van der Waals surface area contributed by atoms with Crippen molar-refractivity contribution >= 4 is 11.5 Å². The van der Waals surface area contributed by atoms with Crippen LogP contribution in [0.5, 0.6) is 0 Å². The summed E-state index contributed by atoms with van der Waals surface area (Å²) in [7, 11) is 0. The zero-order valence-electron chi connectivity index (χ0n) is 13.4. The molecule has 0 aliphatic heterocycles. The molecule has 114 valence electrons. The normalized spacial score (nSPS) is 13.3. The van der Waals surface area contributed by atoms with E-state index in [1.54, 1.807) is 11.6 Å². The Balaban J connectivity index is 3.00. The van der Waals surface area contributed by atoms with E-state index in [2.05, 4.69) is 38.1 Å². The molecule has 20 heavy (non-hydrogen) atoms.